The zero-order valence-corrected chi connectivity index (χ0v) is 9.91. The summed E-state index contributed by atoms with van der Waals surface area (Å²) in [5.74, 6) is -0.760. The average molecular weight is 238 g/mol. The maximum atomic E-state index is 11.8. The molecule has 1 rings (SSSR count). The third-order valence-electron chi connectivity index (χ3n) is 2.07. The van der Waals surface area contributed by atoms with E-state index >= 15 is 0 Å². The van der Waals surface area contributed by atoms with Gasteiger partial charge in [-0.15, -0.1) is 0 Å². The minimum absolute atomic E-state index is 0.324. The molecule has 0 heterocycles. The second-order valence-corrected chi connectivity index (χ2v) is 3.89. The lowest BCUT2D eigenvalue weighted by atomic mass is 10.2. The first-order valence-electron chi connectivity index (χ1n) is 4.67. The van der Waals surface area contributed by atoms with Crippen molar-refractivity contribution in [2.45, 2.75) is 6.92 Å². The van der Waals surface area contributed by atoms with Gasteiger partial charge in [0, 0.05) is 23.2 Å². The molecular weight excluding hydrogens is 226 g/mol. The van der Waals surface area contributed by atoms with Gasteiger partial charge in [0.05, 0.1) is 0 Å². The van der Waals surface area contributed by atoms with E-state index < -0.39 is 0 Å². The summed E-state index contributed by atoms with van der Waals surface area (Å²) in [6, 6.07) is 6.36. The van der Waals surface area contributed by atoms with Crippen molar-refractivity contribution in [1.82, 2.24) is 4.90 Å². The zero-order chi connectivity index (χ0) is 12.3. The third kappa shape index (κ3) is 2.70. The van der Waals surface area contributed by atoms with Crippen molar-refractivity contribution in [3.63, 3.8) is 0 Å². The maximum Gasteiger partial charge on any atom is 0.260 e. The topological polar surface area (TPSA) is 37.4 Å². The van der Waals surface area contributed by atoms with Crippen molar-refractivity contribution in [2.24, 2.45) is 0 Å². The minimum Gasteiger partial charge on any atom is -0.278 e. The van der Waals surface area contributed by atoms with Gasteiger partial charge in [-0.2, -0.15) is 0 Å². The fourth-order valence-corrected chi connectivity index (χ4v) is 1.29. The number of hydrogen-bond acceptors (Lipinski definition) is 2. The smallest absolute Gasteiger partial charge is 0.260 e. The predicted octanol–water partition coefficient (Wildman–Crippen LogP) is 2.51. The van der Waals surface area contributed by atoms with Gasteiger partial charge in [0.2, 0.25) is 0 Å². The van der Waals surface area contributed by atoms with E-state index in [1.165, 1.54) is 7.05 Å². The van der Waals surface area contributed by atoms with Gasteiger partial charge in [0.25, 0.3) is 11.8 Å². The van der Waals surface area contributed by atoms with Gasteiger partial charge in [0.1, 0.15) is 0 Å². The highest BCUT2D eigenvalue weighted by Gasteiger charge is 2.18. The molecule has 1 aromatic rings. The van der Waals surface area contributed by atoms with Crippen molar-refractivity contribution in [1.29, 1.82) is 0 Å². The first-order chi connectivity index (χ1) is 7.43. The number of carbonyl (C=O) groups is 2. The fraction of sp³-hybridized carbons (Fsp3) is 0.167. The van der Waals surface area contributed by atoms with Crippen molar-refractivity contribution in [3.8, 4) is 0 Å². The van der Waals surface area contributed by atoms with Crippen LogP contribution in [0, 0.1) is 0 Å². The molecule has 0 fully saturated rings. The Labute approximate surface area is 99.3 Å². The van der Waals surface area contributed by atoms with E-state index in [1.54, 1.807) is 31.2 Å². The highest BCUT2D eigenvalue weighted by Crippen LogP contribution is 2.11. The van der Waals surface area contributed by atoms with Gasteiger partial charge < -0.3 is 0 Å². The summed E-state index contributed by atoms with van der Waals surface area (Å²) < 4.78 is 0. The quantitative estimate of drug-likeness (QED) is 0.742. The van der Waals surface area contributed by atoms with Crippen molar-refractivity contribution in [3.05, 3.63) is 47.0 Å². The van der Waals surface area contributed by atoms with Crippen LogP contribution in [0.15, 0.2) is 36.4 Å². The van der Waals surface area contributed by atoms with E-state index in [0.717, 1.165) is 4.90 Å². The highest BCUT2D eigenvalue weighted by molar-refractivity contribution is 6.30. The van der Waals surface area contributed by atoms with Gasteiger partial charge in [0.15, 0.2) is 0 Å². The third-order valence-corrected chi connectivity index (χ3v) is 2.32. The van der Waals surface area contributed by atoms with E-state index in [2.05, 4.69) is 6.58 Å². The maximum absolute atomic E-state index is 11.8. The standard InChI is InChI=1S/C12H12ClNO2/c1-8(2)11(15)14(3)12(16)9-4-6-10(13)7-5-9/h4-7H,1H2,2-3H3. The van der Waals surface area contributed by atoms with Crippen molar-refractivity contribution in [2.75, 3.05) is 7.05 Å². The molecule has 0 aromatic heterocycles. The monoisotopic (exact) mass is 237 g/mol. The van der Waals surface area contributed by atoms with Gasteiger partial charge in [-0.3, -0.25) is 14.5 Å². The van der Waals surface area contributed by atoms with Crippen LogP contribution >= 0.6 is 11.6 Å². The van der Waals surface area contributed by atoms with Crippen LogP contribution in [0.1, 0.15) is 17.3 Å². The number of rotatable bonds is 2. The van der Waals surface area contributed by atoms with Crippen molar-refractivity contribution < 1.29 is 9.59 Å². The van der Waals surface area contributed by atoms with E-state index in [9.17, 15) is 9.59 Å². The summed E-state index contributed by atoms with van der Waals surface area (Å²) in [6.45, 7) is 5.07. The van der Waals surface area contributed by atoms with Gasteiger partial charge >= 0.3 is 0 Å². The molecule has 0 N–H and O–H groups in total. The number of carbonyl (C=O) groups excluding carboxylic acids is 2. The second kappa shape index (κ2) is 4.94. The predicted molar refractivity (Wildman–Crippen MR) is 63.4 cm³/mol. The number of likely N-dealkylation sites (N-methyl/N-ethyl adjacent to an activating group) is 1. The molecule has 0 aliphatic carbocycles. The molecule has 0 bridgehead atoms. The molecular formula is C12H12ClNO2. The number of benzene rings is 1. The molecule has 3 nitrogen and oxygen atoms in total. The Bertz CT molecular complexity index is 437. The van der Waals surface area contributed by atoms with Crippen LogP contribution in [0.5, 0.6) is 0 Å². The molecule has 0 aliphatic heterocycles. The number of hydrogen-bond donors (Lipinski definition) is 0. The molecule has 0 saturated carbocycles. The molecule has 84 valence electrons. The molecule has 16 heavy (non-hydrogen) atoms. The SMILES string of the molecule is C=C(C)C(=O)N(C)C(=O)c1ccc(Cl)cc1. The highest BCUT2D eigenvalue weighted by atomic mass is 35.5. The molecule has 0 saturated heterocycles. The zero-order valence-electron chi connectivity index (χ0n) is 9.16. The van der Waals surface area contributed by atoms with Crippen LogP contribution < -0.4 is 0 Å². The normalized spacial score (nSPS) is 9.69. The Morgan fingerprint density at radius 2 is 1.75 bits per heavy atom. The number of nitrogens with zero attached hydrogens (tertiary/aromatic N) is 1. The lowest BCUT2D eigenvalue weighted by Gasteiger charge is -2.15. The van der Waals surface area contributed by atoms with Crippen LogP contribution in [-0.2, 0) is 4.79 Å². The van der Waals surface area contributed by atoms with E-state index in [4.69, 9.17) is 11.6 Å². The first kappa shape index (κ1) is 12.5. The van der Waals surface area contributed by atoms with Crippen LogP contribution in [0.25, 0.3) is 0 Å². The van der Waals surface area contributed by atoms with E-state index in [0.29, 0.717) is 16.2 Å². The summed E-state index contributed by atoms with van der Waals surface area (Å²) in [5.41, 5.74) is 0.742. The molecule has 4 heteroatoms. The van der Waals surface area contributed by atoms with Crippen molar-refractivity contribution >= 4 is 23.4 Å². The lowest BCUT2D eigenvalue weighted by molar-refractivity contribution is -0.123. The number of imide groups is 1. The van der Waals surface area contributed by atoms with Gasteiger partial charge in [-0.25, -0.2) is 0 Å². The van der Waals surface area contributed by atoms with Crippen LogP contribution in [0.3, 0.4) is 0 Å². The molecule has 0 unspecified atom stereocenters. The Morgan fingerprint density at radius 3 is 2.19 bits per heavy atom. The lowest BCUT2D eigenvalue weighted by Crippen LogP contribution is -2.33. The Kier molecular flexibility index (Phi) is 3.85. The summed E-state index contributed by atoms with van der Waals surface area (Å²) in [7, 11) is 1.42. The second-order valence-electron chi connectivity index (χ2n) is 3.46. The molecule has 0 aliphatic rings. The summed E-state index contributed by atoms with van der Waals surface area (Å²) in [6.07, 6.45) is 0. The van der Waals surface area contributed by atoms with Crippen LogP contribution in [0.2, 0.25) is 5.02 Å². The van der Waals surface area contributed by atoms with Gasteiger partial charge in [-0.1, -0.05) is 18.2 Å². The fourth-order valence-electron chi connectivity index (χ4n) is 1.16. The Morgan fingerprint density at radius 1 is 1.25 bits per heavy atom. The van der Waals surface area contributed by atoms with Crippen LogP contribution in [-0.4, -0.2) is 23.8 Å². The van der Waals surface area contributed by atoms with Gasteiger partial charge in [-0.05, 0) is 31.2 Å². The number of amides is 2. The Hall–Kier alpha value is -1.61. The molecule has 0 spiro atoms. The van der Waals surface area contributed by atoms with Crippen LogP contribution in [0.4, 0.5) is 0 Å². The number of halogens is 1. The summed E-state index contributed by atoms with van der Waals surface area (Å²) in [5, 5.41) is 0.547. The summed E-state index contributed by atoms with van der Waals surface area (Å²) in [4.78, 5) is 24.4. The summed E-state index contributed by atoms with van der Waals surface area (Å²) >= 11 is 5.70. The first-order valence-corrected chi connectivity index (χ1v) is 5.04. The van der Waals surface area contributed by atoms with E-state index in [-0.39, 0.29) is 11.8 Å². The molecule has 1 aromatic carbocycles. The molecule has 0 atom stereocenters. The minimum atomic E-state index is -0.389. The Balaban J connectivity index is 2.90. The average Bonchev–Trinajstić information content (AvgIpc) is 2.27. The largest absolute Gasteiger partial charge is 0.278 e. The van der Waals surface area contributed by atoms with E-state index in [1.807, 2.05) is 0 Å². The molecule has 2 amide bonds. The molecule has 0 radical (unpaired) electrons.